The van der Waals surface area contributed by atoms with Crippen LogP contribution in [0.15, 0.2) is 42.1 Å². The zero-order valence-corrected chi connectivity index (χ0v) is 19.5. The predicted octanol–water partition coefficient (Wildman–Crippen LogP) is 3.79. The Morgan fingerprint density at radius 1 is 0.938 bits per heavy atom. The summed E-state index contributed by atoms with van der Waals surface area (Å²) in [4.78, 5) is 30.5. The van der Waals surface area contributed by atoms with Crippen LogP contribution in [0.5, 0.6) is 0 Å². The number of aryl methyl sites for hydroxylation is 3. The molecule has 0 saturated carbocycles. The van der Waals surface area contributed by atoms with E-state index in [-0.39, 0.29) is 11.8 Å². The molecule has 0 bridgehead atoms. The van der Waals surface area contributed by atoms with E-state index in [1.54, 1.807) is 6.07 Å². The molecule has 2 aliphatic rings. The SMILES string of the molecule is Cc1ccc(C2=C(Nc3ccc(C)c(Cl)c3)C(=O)N(CCN3CCOCC3)C2=O)c(C)c1. The van der Waals surface area contributed by atoms with Crippen LogP contribution in [-0.2, 0) is 14.3 Å². The van der Waals surface area contributed by atoms with E-state index in [1.165, 1.54) is 4.90 Å². The summed E-state index contributed by atoms with van der Waals surface area (Å²) in [6.07, 6.45) is 0. The summed E-state index contributed by atoms with van der Waals surface area (Å²) >= 11 is 6.29. The van der Waals surface area contributed by atoms with E-state index < -0.39 is 0 Å². The molecule has 2 aromatic rings. The van der Waals surface area contributed by atoms with E-state index >= 15 is 0 Å². The van der Waals surface area contributed by atoms with E-state index in [4.69, 9.17) is 16.3 Å². The van der Waals surface area contributed by atoms with Gasteiger partial charge in [0.2, 0.25) is 0 Å². The Hall–Kier alpha value is -2.67. The minimum atomic E-state index is -0.310. The third-order valence-electron chi connectivity index (χ3n) is 6.00. The van der Waals surface area contributed by atoms with Gasteiger partial charge in [-0.1, -0.05) is 41.4 Å². The van der Waals surface area contributed by atoms with Crippen molar-refractivity contribution in [2.45, 2.75) is 20.8 Å². The topological polar surface area (TPSA) is 61.9 Å². The second-order valence-electron chi connectivity index (χ2n) is 8.37. The maximum absolute atomic E-state index is 13.5. The first-order valence-electron chi connectivity index (χ1n) is 10.9. The third-order valence-corrected chi connectivity index (χ3v) is 6.41. The lowest BCUT2D eigenvalue weighted by Crippen LogP contribution is -2.43. The molecule has 1 saturated heterocycles. The van der Waals surface area contributed by atoms with Crippen LogP contribution in [0, 0.1) is 20.8 Å². The lowest BCUT2D eigenvalue weighted by molar-refractivity contribution is -0.137. The number of ether oxygens (including phenoxy) is 1. The smallest absolute Gasteiger partial charge is 0.278 e. The van der Waals surface area contributed by atoms with Crippen LogP contribution in [0.2, 0.25) is 5.02 Å². The summed E-state index contributed by atoms with van der Waals surface area (Å²) in [5.74, 6) is -0.578. The van der Waals surface area contributed by atoms with Gasteiger partial charge in [0, 0.05) is 36.9 Å². The van der Waals surface area contributed by atoms with Crippen molar-refractivity contribution in [1.82, 2.24) is 9.80 Å². The highest BCUT2D eigenvalue weighted by Crippen LogP contribution is 2.33. The molecule has 1 N–H and O–H groups in total. The zero-order valence-electron chi connectivity index (χ0n) is 18.7. The highest BCUT2D eigenvalue weighted by Gasteiger charge is 2.39. The van der Waals surface area contributed by atoms with Crippen LogP contribution in [0.25, 0.3) is 5.57 Å². The molecule has 4 rings (SSSR count). The fraction of sp³-hybridized carbons (Fsp3) is 0.360. The van der Waals surface area contributed by atoms with E-state index in [1.807, 2.05) is 51.1 Å². The van der Waals surface area contributed by atoms with Gasteiger partial charge in [0.1, 0.15) is 5.70 Å². The molecule has 0 atom stereocenters. The van der Waals surface area contributed by atoms with Gasteiger partial charge in [0.05, 0.1) is 18.8 Å². The minimum Gasteiger partial charge on any atom is -0.379 e. The predicted molar refractivity (Wildman–Crippen MR) is 127 cm³/mol. The average Bonchev–Trinajstić information content (AvgIpc) is 2.99. The number of nitrogens with zero attached hydrogens (tertiary/aromatic N) is 2. The fourth-order valence-electron chi connectivity index (χ4n) is 4.12. The Balaban J connectivity index is 1.67. The van der Waals surface area contributed by atoms with Crippen molar-refractivity contribution in [3.63, 3.8) is 0 Å². The zero-order chi connectivity index (χ0) is 22.8. The van der Waals surface area contributed by atoms with Gasteiger partial charge in [0.25, 0.3) is 11.8 Å². The van der Waals surface area contributed by atoms with Gasteiger partial charge in [-0.25, -0.2) is 0 Å². The number of rotatable bonds is 6. The molecule has 0 aliphatic carbocycles. The maximum atomic E-state index is 13.5. The van der Waals surface area contributed by atoms with Gasteiger partial charge in [-0.15, -0.1) is 0 Å². The molecule has 2 aromatic carbocycles. The first-order chi connectivity index (χ1) is 15.3. The Labute approximate surface area is 193 Å². The van der Waals surface area contributed by atoms with E-state index in [9.17, 15) is 9.59 Å². The molecule has 6 nitrogen and oxygen atoms in total. The first kappa shape index (κ1) is 22.5. The number of morpholine rings is 1. The van der Waals surface area contributed by atoms with E-state index in [2.05, 4.69) is 10.2 Å². The average molecular weight is 454 g/mol. The molecule has 0 spiro atoms. The van der Waals surface area contributed by atoms with Gasteiger partial charge in [0.15, 0.2) is 0 Å². The normalized spacial score (nSPS) is 17.4. The Morgan fingerprint density at radius 2 is 1.69 bits per heavy atom. The van der Waals surface area contributed by atoms with Crippen molar-refractivity contribution >= 4 is 34.7 Å². The maximum Gasteiger partial charge on any atom is 0.278 e. The van der Waals surface area contributed by atoms with Crippen LogP contribution >= 0.6 is 11.6 Å². The van der Waals surface area contributed by atoms with Crippen molar-refractivity contribution in [3.05, 3.63) is 69.4 Å². The van der Waals surface area contributed by atoms with Gasteiger partial charge >= 0.3 is 0 Å². The van der Waals surface area contributed by atoms with Gasteiger partial charge in [-0.05, 0) is 49.6 Å². The molecule has 0 unspecified atom stereocenters. The number of benzene rings is 2. The van der Waals surface area contributed by atoms with Crippen LogP contribution < -0.4 is 5.32 Å². The van der Waals surface area contributed by atoms with Crippen molar-refractivity contribution in [2.75, 3.05) is 44.7 Å². The molecule has 2 aliphatic heterocycles. The number of hydrogen-bond acceptors (Lipinski definition) is 5. The summed E-state index contributed by atoms with van der Waals surface area (Å²) in [5, 5.41) is 3.80. The molecule has 2 heterocycles. The molecule has 0 radical (unpaired) electrons. The first-order valence-corrected chi connectivity index (χ1v) is 11.2. The van der Waals surface area contributed by atoms with Crippen LogP contribution in [0.1, 0.15) is 22.3 Å². The number of nitrogens with one attached hydrogen (secondary N) is 1. The lowest BCUT2D eigenvalue weighted by atomic mass is 9.97. The van der Waals surface area contributed by atoms with Crippen LogP contribution in [0.3, 0.4) is 0 Å². The number of halogens is 1. The molecule has 0 aromatic heterocycles. The van der Waals surface area contributed by atoms with E-state index in [0.717, 1.165) is 35.3 Å². The molecular weight excluding hydrogens is 426 g/mol. The number of carbonyl (C=O) groups is 2. The second-order valence-corrected chi connectivity index (χ2v) is 8.78. The largest absolute Gasteiger partial charge is 0.379 e. The molecule has 32 heavy (non-hydrogen) atoms. The minimum absolute atomic E-state index is 0.268. The van der Waals surface area contributed by atoms with E-state index in [0.29, 0.717) is 48.3 Å². The Kier molecular flexibility index (Phi) is 6.65. The third kappa shape index (κ3) is 4.58. The molecule has 168 valence electrons. The number of anilines is 1. The number of imide groups is 1. The molecule has 2 amide bonds. The quantitative estimate of drug-likeness (QED) is 0.674. The summed E-state index contributed by atoms with van der Waals surface area (Å²) < 4.78 is 5.39. The van der Waals surface area contributed by atoms with Crippen molar-refractivity contribution in [2.24, 2.45) is 0 Å². The van der Waals surface area contributed by atoms with Crippen molar-refractivity contribution in [3.8, 4) is 0 Å². The fourth-order valence-corrected chi connectivity index (χ4v) is 4.30. The van der Waals surface area contributed by atoms with Gasteiger partial charge in [-0.2, -0.15) is 0 Å². The lowest BCUT2D eigenvalue weighted by Gasteiger charge is -2.28. The highest BCUT2D eigenvalue weighted by molar-refractivity contribution is 6.37. The summed E-state index contributed by atoms with van der Waals surface area (Å²) in [6.45, 7) is 9.82. The highest BCUT2D eigenvalue weighted by atomic mass is 35.5. The monoisotopic (exact) mass is 453 g/mol. The summed E-state index contributed by atoms with van der Waals surface area (Å²) in [6, 6.07) is 11.4. The second kappa shape index (κ2) is 9.45. The molecular formula is C25H28ClN3O3. The number of carbonyl (C=O) groups excluding carboxylic acids is 2. The molecule has 7 heteroatoms. The molecule has 1 fully saturated rings. The number of hydrogen-bond donors (Lipinski definition) is 1. The summed E-state index contributed by atoms with van der Waals surface area (Å²) in [7, 11) is 0. The van der Waals surface area contributed by atoms with Crippen LogP contribution in [0.4, 0.5) is 5.69 Å². The van der Waals surface area contributed by atoms with Gasteiger partial charge < -0.3 is 10.1 Å². The number of amides is 2. The van der Waals surface area contributed by atoms with Crippen molar-refractivity contribution < 1.29 is 14.3 Å². The summed E-state index contributed by atoms with van der Waals surface area (Å²) in [5.41, 5.74) is 5.15. The van der Waals surface area contributed by atoms with Crippen molar-refractivity contribution in [1.29, 1.82) is 0 Å². The standard InChI is InChI=1S/C25H28ClN3O3/c1-16-4-7-20(18(3)14-16)22-23(27-19-6-5-17(2)21(26)15-19)25(31)29(24(22)30)9-8-28-10-12-32-13-11-28/h4-7,14-15,27H,8-13H2,1-3H3. The van der Waals surface area contributed by atoms with Gasteiger partial charge in [-0.3, -0.25) is 19.4 Å². The van der Waals surface area contributed by atoms with Crippen LogP contribution in [-0.4, -0.2) is 61.0 Å². The Bertz CT molecular complexity index is 1090. The Morgan fingerprint density at radius 3 is 2.38 bits per heavy atom.